The van der Waals surface area contributed by atoms with Crippen LogP contribution in [0.2, 0.25) is 0 Å². The van der Waals surface area contributed by atoms with Crippen LogP contribution in [0.5, 0.6) is 0 Å². The fourth-order valence-electron chi connectivity index (χ4n) is 5.53. The van der Waals surface area contributed by atoms with Crippen molar-refractivity contribution in [3.05, 3.63) is 115 Å². The number of rotatable bonds is 2. The van der Waals surface area contributed by atoms with E-state index in [1.807, 2.05) is 42.9 Å². The molecule has 0 N–H and O–H groups in total. The van der Waals surface area contributed by atoms with Crippen LogP contribution in [-0.4, -0.2) is 14.5 Å². The van der Waals surface area contributed by atoms with Crippen LogP contribution in [0.15, 0.2) is 97.5 Å². The molecule has 0 saturated carbocycles. The van der Waals surface area contributed by atoms with Gasteiger partial charge in [-0.2, -0.15) is 0 Å². The second kappa shape index (κ2) is 7.98. The standard InChI is InChI=1S/C31H22N3.Ir/c1-31(2)25-10-6-9-23-24-18-21(20-7-5-8-22(17-20)27-11-3-4-15-33-27)12-13-28(24)34(30(23)25)29-14-16-32-19-26(29)31;/h3-7,9-19H,1-2H3;/q-1;. The van der Waals surface area contributed by atoms with Gasteiger partial charge in [0.1, 0.15) is 0 Å². The number of nitrogens with zero attached hydrogens (tertiary/aromatic N) is 3. The Morgan fingerprint density at radius 3 is 2.54 bits per heavy atom. The molecule has 0 amide bonds. The average Bonchev–Trinajstić information content (AvgIpc) is 3.22. The Morgan fingerprint density at radius 1 is 0.800 bits per heavy atom. The summed E-state index contributed by atoms with van der Waals surface area (Å²) in [5.41, 5.74) is 10.5. The van der Waals surface area contributed by atoms with E-state index in [1.54, 1.807) is 0 Å². The minimum Gasteiger partial charge on any atom is -0.309 e. The fourth-order valence-corrected chi connectivity index (χ4v) is 5.53. The summed E-state index contributed by atoms with van der Waals surface area (Å²) in [6.45, 7) is 4.60. The second-order valence-electron chi connectivity index (χ2n) is 9.49. The Hall–Kier alpha value is -3.59. The number of pyridine rings is 2. The monoisotopic (exact) mass is 629 g/mol. The van der Waals surface area contributed by atoms with Crippen molar-refractivity contribution >= 4 is 21.8 Å². The molecule has 0 unspecified atom stereocenters. The van der Waals surface area contributed by atoms with Gasteiger partial charge in [-0.15, -0.1) is 35.4 Å². The Balaban J connectivity index is 0.00000229. The summed E-state index contributed by atoms with van der Waals surface area (Å²) in [5.74, 6) is 0. The molecule has 0 spiro atoms. The van der Waals surface area contributed by atoms with Crippen molar-refractivity contribution < 1.29 is 20.1 Å². The van der Waals surface area contributed by atoms with Crippen LogP contribution in [-0.2, 0) is 25.5 Å². The molecule has 0 atom stereocenters. The molecule has 7 rings (SSSR count). The fraction of sp³-hybridized carbons (Fsp3) is 0.0968. The molecular formula is C31H22IrN3-. The molecule has 0 bridgehead atoms. The van der Waals surface area contributed by atoms with Gasteiger partial charge in [-0.3, -0.25) is 4.98 Å². The minimum atomic E-state index is -0.108. The first-order valence-electron chi connectivity index (χ1n) is 11.6. The van der Waals surface area contributed by atoms with Crippen LogP contribution in [0.3, 0.4) is 0 Å². The molecule has 6 aromatic rings. The van der Waals surface area contributed by atoms with E-state index in [0.29, 0.717) is 0 Å². The zero-order valence-electron chi connectivity index (χ0n) is 19.4. The summed E-state index contributed by atoms with van der Waals surface area (Å²) in [7, 11) is 0. The van der Waals surface area contributed by atoms with Crippen molar-refractivity contribution in [3.63, 3.8) is 0 Å². The average molecular weight is 629 g/mol. The first-order valence-corrected chi connectivity index (χ1v) is 11.6. The zero-order chi connectivity index (χ0) is 22.9. The first kappa shape index (κ1) is 21.9. The van der Waals surface area contributed by atoms with E-state index in [0.717, 1.165) is 16.8 Å². The van der Waals surface area contributed by atoms with Crippen LogP contribution in [0.25, 0.3) is 49.9 Å². The van der Waals surface area contributed by atoms with Crippen LogP contribution < -0.4 is 0 Å². The second-order valence-corrected chi connectivity index (χ2v) is 9.49. The normalized spacial score (nSPS) is 13.4. The molecule has 3 aromatic heterocycles. The van der Waals surface area contributed by atoms with E-state index in [4.69, 9.17) is 0 Å². The maximum Gasteiger partial charge on any atom is 0.0582 e. The van der Waals surface area contributed by atoms with Crippen molar-refractivity contribution in [2.45, 2.75) is 19.3 Å². The molecule has 4 heteroatoms. The molecule has 171 valence electrons. The molecule has 35 heavy (non-hydrogen) atoms. The molecule has 4 heterocycles. The van der Waals surface area contributed by atoms with Crippen molar-refractivity contribution in [3.8, 4) is 28.1 Å². The van der Waals surface area contributed by atoms with Crippen LogP contribution >= 0.6 is 0 Å². The van der Waals surface area contributed by atoms with Crippen molar-refractivity contribution in [2.24, 2.45) is 0 Å². The molecule has 1 aliphatic heterocycles. The van der Waals surface area contributed by atoms with E-state index in [1.165, 1.54) is 44.2 Å². The van der Waals surface area contributed by atoms with Crippen molar-refractivity contribution in [1.29, 1.82) is 0 Å². The Kier molecular flexibility index (Phi) is 5.00. The summed E-state index contributed by atoms with van der Waals surface area (Å²) in [6.07, 6.45) is 5.75. The van der Waals surface area contributed by atoms with Crippen molar-refractivity contribution in [2.75, 3.05) is 0 Å². The van der Waals surface area contributed by atoms with Gasteiger partial charge in [0, 0.05) is 60.4 Å². The van der Waals surface area contributed by atoms with E-state index in [-0.39, 0.29) is 25.5 Å². The maximum absolute atomic E-state index is 4.50. The molecule has 0 fully saturated rings. The number of aromatic nitrogens is 3. The summed E-state index contributed by atoms with van der Waals surface area (Å²) < 4.78 is 2.42. The SMILES string of the molecule is CC1(C)c2cnccc2-n2c3ccc(-c4cc[c-]c(-c5ccccn5)c4)cc3c3cccc1c32.[Ir]. The number of hydrogen-bond donors (Lipinski definition) is 0. The summed E-state index contributed by atoms with van der Waals surface area (Å²) in [4.78, 5) is 8.96. The van der Waals surface area contributed by atoms with E-state index in [2.05, 4.69) is 89.0 Å². The minimum absolute atomic E-state index is 0. The smallest absolute Gasteiger partial charge is 0.0582 e. The predicted molar refractivity (Wildman–Crippen MR) is 138 cm³/mol. The molecule has 3 aromatic carbocycles. The first-order chi connectivity index (χ1) is 16.6. The molecule has 0 aliphatic carbocycles. The summed E-state index contributed by atoms with van der Waals surface area (Å²) in [6, 6.07) is 31.3. The predicted octanol–water partition coefficient (Wildman–Crippen LogP) is 7.34. The molecular weight excluding hydrogens is 607 g/mol. The van der Waals surface area contributed by atoms with Gasteiger partial charge in [0.2, 0.25) is 0 Å². The van der Waals surface area contributed by atoms with Gasteiger partial charge < -0.3 is 9.55 Å². The summed E-state index contributed by atoms with van der Waals surface area (Å²) in [5, 5.41) is 2.55. The largest absolute Gasteiger partial charge is 0.309 e. The zero-order valence-corrected chi connectivity index (χ0v) is 21.8. The van der Waals surface area contributed by atoms with Crippen molar-refractivity contribution in [1.82, 2.24) is 14.5 Å². The van der Waals surface area contributed by atoms with Gasteiger partial charge in [-0.25, -0.2) is 0 Å². The Labute approximate surface area is 217 Å². The van der Waals surface area contributed by atoms with Crippen LogP contribution in [0, 0.1) is 6.07 Å². The third-order valence-electron chi connectivity index (χ3n) is 7.25. The Morgan fingerprint density at radius 2 is 1.69 bits per heavy atom. The van der Waals surface area contributed by atoms with E-state index < -0.39 is 0 Å². The number of benzene rings is 3. The third-order valence-corrected chi connectivity index (χ3v) is 7.25. The molecule has 1 aliphatic rings. The number of hydrogen-bond acceptors (Lipinski definition) is 2. The maximum atomic E-state index is 4.50. The Bertz CT molecular complexity index is 1730. The van der Waals surface area contributed by atoms with Gasteiger partial charge in [0.05, 0.1) is 16.7 Å². The van der Waals surface area contributed by atoms with Gasteiger partial charge in [0.25, 0.3) is 0 Å². The van der Waals surface area contributed by atoms with E-state index in [9.17, 15) is 0 Å². The van der Waals surface area contributed by atoms with Gasteiger partial charge in [-0.1, -0.05) is 50.2 Å². The van der Waals surface area contributed by atoms with Gasteiger partial charge in [-0.05, 0) is 41.1 Å². The summed E-state index contributed by atoms with van der Waals surface area (Å²) >= 11 is 0. The van der Waals surface area contributed by atoms with E-state index >= 15 is 0 Å². The molecule has 3 nitrogen and oxygen atoms in total. The van der Waals surface area contributed by atoms with Gasteiger partial charge >= 0.3 is 0 Å². The van der Waals surface area contributed by atoms with Crippen LogP contribution in [0.4, 0.5) is 0 Å². The van der Waals surface area contributed by atoms with Crippen LogP contribution in [0.1, 0.15) is 25.0 Å². The quantitative estimate of drug-likeness (QED) is 0.188. The topological polar surface area (TPSA) is 30.7 Å². The third kappa shape index (κ3) is 3.14. The molecule has 1 radical (unpaired) electrons. The van der Waals surface area contributed by atoms with Gasteiger partial charge in [0.15, 0.2) is 0 Å². The number of fused-ring (bicyclic) bond motifs is 5. The number of para-hydroxylation sites is 1. The molecule has 0 saturated heterocycles.